The molecule has 5 heteroatoms. The second kappa shape index (κ2) is 11.4. The largest absolute Gasteiger partial charge is 0.456 e. The second-order valence-electron chi connectivity index (χ2n) is 14.2. The third-order valence-corrected chi connectivity index (χ3v) is 12.3. The minimum Gasteiger partial charge on any atom is -0.456 e. The Morgan fingerprint density at radius 1 is 0.500 bits per heavy atom. The first kappa shape index (κ1) is 29.8. The molecule has 7 aromatic carbocycles. The van der Waals surface area contributed by atoms with Crippen LogP contribution in [0.25, 0.3) is 110 Å². The molecule has 10 aromatic rings. The Morgan fingerprint density at radius 3 is 2.17 bits per heavy atom. The zero-order chi connectivity index (χ0) is 35.3. The Labute approximate surface area is 314 Å². The van der Waals surface area contributed by atoms with Gasteiger partial charge in [-0.2, -0.15) is 0 Å². The monoisotopic (exact) mass is 707 g/mol. The van der Waals surface area contributed by atoms with Gasteiger partial charge in [-0.1, -0.05) is 115 Å². The molecule has 0 saturated heterocycles. The van der Waals surface area contributed by atoms with Crippen molar-refractivity contribution in [3.63, 3.8) is 0 Å². The maximum absolute atomic E-state index is 6.56. The fourth-order valence-electron chi connectivity index (χ4n) is 8.76. The summed E-state index contributed by atoms with van der Waals surface area (Å²) in [4.78, 5) is 15.6. The lowest BCUT2D eigenvalue weighted by atomic mass is 9.79. The Kier molecular flexibility index (Phi) is 6.30. The van der Waals surface area contributed by atoms with Crippen molar-refractivity contribution < 1.29 is 4.42 Å². The van der Waals surface area contributed by atoms with E-state index in [0.717, 1.165) is 57.0 Å². The molecule has 252 valence electrons. The van der Waals surface area contributed by atoms with Crippen LogP contribution >= 0.6 is 11.3 Å². The van der Waals surface area contributed by atoms with Crippen molar-refractivity contribution in [1.82, 2.24) is 15.0 Å². The molecule has 0 radical (unpaired) electrons. The number of hydrogen-bond donors (Lipinski definition) is 0. The highest BCUT2D eigenvalue weighted by molar-refractivity contribution is 7.25. The van der Waals surface area contributed by atoms with Gasteiger partial charge in [0.25, 0.3) is 0 Å². The van der Waals surface area contributed by atoms with Crippen LogP contribution in [0.15, 0.2) is 150 Å². The summed E-state index contributed by atoms with van der Waals surface area (Å²) < 4.78 is 9.02. The first-order chi connectivity index (χ1) is 26.7. The number of allylic oxidation sites excluding steroid dienone is 3. The van der Waals surface area contributed by atoms with Crippen molar-refractivity contribution in [3.05, 3.63) is 162 Å². The summed E-state index contributed by atoms with van der Waals surface area (Å²) in [5.41, 5.74) is 12.4. The van der Waals surface area contributed by atoms with Crippen LogP contribution in [0.1, 0.15) is 23.1 Å². The topological polar surface area (TPSA) is 51.8 Å². The van der Waals surface area contributed by atoms with Gasteiger partial charge in [0.1, 0.15) is 11.2 Å². The van der Waals surface area contributed by atoms with Crippen molar-refractivity contribution in [1.29, 1.82) is 0 Å². The molecule has 0 aliphatic heterocycles. The molecule has 0 unspecified atom stereocenters. The zero-order valence-electron chi connectivity index (χ0n) is 29.0. The predicted octanol–water partition coefficient (Wildman–Crippen LogP) is 13.3. The zero-order valence-corrected chi connectivity index (χ0v) is 29.8. The molecule has 2 aliphatic carbocycles. The SMILES string of the molecule is C1=Cc2cc(-c3ccc4oc5cccc(-c6nc(-c7ccccc7)nc(-c7cccc8sc9ccccc9c78)n6)c5c4c3)c3cccc4c3c2C(=CC4)C1. The number of nitrogens with zero attached hydrogens (tertiary/aromatic N) is 3. The van der Waals surface area contributed by atoms with Crippen LogP contribution in [-0.4, -0.2) is 15.0 Å². The Hall–Kier alpha value is -6.69. The third-order valence-electron chi connectivity index (χ3n) is 11.2. The average Bonchev–Trinajstić information content (AvgIpc) is 3.81. The van der Waals surface area contributed by atoms with E-state index in [2.05, 4.69) is 121 Å². The van der Waals surface area contributed by atoms with E-state index >= 15 is 0 Å². The van der Waals surface area contributed by atoms with Crippen LogP contribution in [0.2, 0.25) is 0 Å². The van der Waals surface area contributed by atoms with Crippen molar-refractivity contribution in [2.75, 3.05) is 0 Å². The van der Waals surface area contributed by atoms with Gasteiger partial charge in [0.2, 0.25) is 0 Å². The first-order valence-corrected chi connectivity index (χ1v) is 19.2. The van der Waals surface area contributed by atoms with Gasteiger partial charge in [0.05, 0.1) is 0 Å². The van der Waals surface area contributed by atoms with Gasteiger partial charge < -0.3 is 4.42 Å². The van der Waals surface area contributed by atoms with Gasteiger partial charge in [-0.15, -0.1) is 11.3 Å². The highest BCUT2D eigenvalue weighted by Gasteiger charge is 2.24. The van der Waals surface area contributed by atoms with Crippen LogP contribution in [0, 0.1) is 0 Å². The van der Waals surface area contributed by atoms with Gasteiger partial charge in [0.15, 0.2) is 17.5 Å². The molecule has 0 saturated carbocycles. The fraction of sp³-hybridized carbons (Fsp3) is 0.0408. The normalized spacial score (nSPS) is 13.4. The molecule has 4 nitrogen and oxygen atoms in total. The van der Waals surface area contributed by atoms with Crippen LogP contribution in [0.4, 0.5) is 0 Å². The second-order valence-corrected chi connectivity index (χ2v) is 15.3. The van der Waals surface area contributed by atoms with E-state index in [-0.39, 0.29) is 0 Å². The van der Waals surface area contributed by atoms with Crippen molar-refractivity contribution in [2.45, 2.75) is 12.8 Å². The molecule has 0 bridgehead atoms. The summed E-state index contributed by atoms with van der Waals surface area (Å²) in [6.07, 6.45) is 8.97. The van der Waals surface area contributed by atoms with Crippen LogP contribution in [-0.2, 0) is 6.42 Å². The maximum atomic E-state index is 6.56. The van der Waals surface area contributed by atoms with E-state index in [9.17, 15) is 0 Å². The van der Waals surface area contributed by atoms with Crippen LogP contribution in [0.5, 0.6) is 0 Å². The van der Waals surface area contributed by atoms with Gasteiger partial charge in [0, 0.05) is 47.6 Å². The molecule has 54 heavy (non-hydrogen) atoms. The van der Waals surface area contributed by atoms with Crippen molar-refractivity contribution in [2.24, 2.45) is 0 Å². The quantitative estimate of drug-likeness (QED) is 0.183. The number of hydrogen-bond acceptors (Lipinski definition) is 5. The van der Waals surface area contributed by atoms with E-state index in [1.54, 1.807) is 11.3 Å². The molecule has 0 spiro atoms. The molecule has 2 aliphatic rings. The first-order valence-electron chi connectivity index (χ1n) is 18.4. The van der Waals surface area contributed by atoms with Crippen molar-refractivity contribution >= 4 is 75.9 Å². The predicted molar refractivity (Wildman–Crippen MR) is 225 cm³/mol. The van der Waals surface area contributed by atoms with Gasteiger partial charge in [-0.3, -0.25) is 0 Å². The lowest BCUT2D eigenvalue weighted by Crippen LogP contribution is -2.04. The van der Waals surface area contributed by atoms with Gasteiger partial charge in [-0.25, -0.2) is 15.0 Å². The Bertz CT molecular complexity index is 3280. The van der Waals surface area contributed by atoms with E-state index in [4.69, 9.17) is 19.4 Å². The number of furan rings is 1. The number of fused-ring (bicyclic) bond motifs is 6. The highest BCUT2D eigenvalue weighted by atomic mass is 32.1. The number of benzene rings is 7. The maximum Gasteiger partial charge on any atom is 0.164 e. The number of rotatable bonds is 4. The molecule has 3 aromatic heterocycles. The molecule has 0 N–H and O–H groups in total. The Balaban J connectivity index is 1.10. The average molecular weight is 708 g/mol. The highest BCUT2D eigenvalue weighted by Crippen LogP contribution is 2.46. The lowest BCUT2D eigenvalue weighted by Gasteiger charge is -2.25. The molecule has 0 fully saturated rings. The molecule has 3 heterocycles. The third kappa shape index (κ3) is 4.39. The van der Waals surface area contributed by atoms with E-state index in [0.29, 0.717) is 17.5 Å². The number of thiophene rings is 1. The molecule has 0 amide bonds. The summed E-state index contributed by atoms with van der Waals surface area (Å²) >= 11 is 1.80. The summed E-state index contributed by atoms with van der Waals surface area (Å²) in [5.74, 6) is 1.90. The van der Waals surface area contributed by atoms with E-state index < -0.39 is 0 Å². The standard InChI is InChI=1S/C49H29N3OS/c1-2-10-30(11-3-1)47-50-48(52-49(51-47)36-18-9-21-42-46(36)34-15-4-5-20-41(34)54-42)35-17-8-19-40-45(35)38-26-31(24-25-39(38)53-40)37-27-32-14-6-12-28-22-23-29-13-7-16-33(37)44(29)43(28)32/h1-11,13-22,24-27H,12,23H2. The van der Waals surface area contributed by atoms with Crippen molar-refractivity contribution in [3.8, 4) is 45.3 Å². The minimum absolute atomic E-state index is 0.615. The van der Waals surface area contributed by atoms with Gasteiger partial charge in [-0.05, 0) is 93.4 Å². The molecular weight excluding hydrogens is 679 g/mol. The van der Waals surface area contributed by atoms with E-state index in [1.807, 2.05) is 30.3 Å². The summed E-state index contributed by atoms with van der Waals surface area (Å²) in [5, 5.41) is 7.11. The summed E-state index contributed by atoms with van der Waals surface area (Å²) in [6.45, 7) is 0. The molecule has 0 atom stereocenters. The fourth-order valence-corrected chi connectivity index (χ4v) is 9.90. The smallest absolute Gasteiger partial charge is 0.164 e. The summed E-state index contributed by atoms with van der Waals surface area (Å²) in [7, 11) is 0. The van der Waals surface area contributed by atoms with Crippen LogP contribution < -0.4 is 0 Å². The van der Waals surface area contributed by atoms with Gasteiger partial charge >= 0.3 is 0 Å². The molecule has 12 rings (SSSR count). The Morgan fingerprint density at radius 2 is 1.26 bits per heavy atom. The van der Waals surface area contributed by atoms with Crippen LogP contribution in [0.3, 0.4) is 0 Å². The summed E-state index contributed by atoms with van der Waals surface area (Å²) in [6, 6.07) is 47.2. The number of aromatic nitrogens is 3. The van der Waals surface area contributed by atoms with E-state index in [1.165, 1.54) is 58.8 Å². The minimum atomic E-state index is 0.615. The lowest BCUT2D eigenvalue weighted by molar-refractivity contribution is 0.669. The molecular formula is C49H29N3OS.